The maximum Gasteiger partial charge on any atom is 0.153 e. The molecule has 0 saturated carbocycles. The summed E-state index contributed by atoms with van der Waals surface area (Å²) in [5.41, 5.74) is 0.834. The van der Waals surface area contributed by atoms with Crippen LogP contribution in [0.5, 0.6) is 5.75 Å². The molecular formula is C17H19FN2O3. The van der Waals surface area contributed by atoms with Crippen molar-refractivity contribution in [1.29, 1.82) is 0 Å². The zero-order valence-electron chi connectivity index (χ0n) is 13.0. The lowest BCUT2D eigenvalue weighted by Crippen LogP contribution is -2.36. The lowest BCUT2D eigenvalue weighted by Gasteiger charge is -2.28. The van der Waals surface area contributed by atoms with Crippen molar-refractivity contribution in [3.63, 3.8) is 0 Å². The van der Waals surface area contributed by atoms with Gasteiger partial charge in [0.05, 0.1) is 13.2 Å². The first-order chi connectivity index (χ1) is 11.1. The molecule has 0 amide bonds. The van der Waals surface area contributed by atoms with Gasteiger partial charge in [-0.25, -0.2) is 4.39 Å². The number of carbonyl (C=O) groups is 1. The third kappa shape index (κ3) is 3.33. The van der Waals surface area contributed by atoms with Crippen molar-refractivity contribution in [2.24, 2.45) is 0 Å². The number of carbonyl (C=O) groups excluding carboxylic acids is 1. The van der Waals surface area contributed by atoms with Crippen molar-refractivity contribution in [3.8, 4) is 5.75 Å². The molecule has 0 bridgehead atoms. The lowest BCUT2D eigenvalue weighted by molar-refractivity contribution is -0.121. The number of aromatic nitrogens is 1. The number of methoxy groups -OCH3 is 1. The van der Waals surface area contributed by atoms with E-state index in [0.717, 1.165) is 0 Å². The number of fused-ring (bicyclic) bond motifs is 1. The summed E-state index contributed by atoms with van der Waals surface area (Å²) in [7, 11) is 1.47. The normalized spacial score (nSPS) is 17.4. The van der Waals surface area contributed by atoms with E-state index >= 15 is 0 Å². The number of aliphatic hydroxyl groups is 1. The Morgan fingerprint density at radius 3 is 2.83 bits per heavy atom. The van der Waals surface area contributed by atoms with Gasteiger partial charge in [-0.3, -0.25) is 14.7 Å². The molecule has 1 N–H and O–H groups in total. The van der Waals surface area contributed by atoms with Crippen LogP contribution in [-0.4, -0.2) is 47.5 Å². The largest absolute Gasteiger partial charge is 0.497 e. The highest BCUT2D eigenvalue weighted by molar-refractivity contribution is 5.84. The number of benzene rings is 1. The van der Waals surface area contributed by atoms with Crippen molar-refractivity contribution in [2.45, 2.75) is 18.9 Å². The average Bonchev–Trinajstić information content (AvgIpc) is 2.56. The van der Waals surface area contributed by atoms with E-state index in [1.54, 1.807) is 12.1 Å². The SMILES string of the molecule is COc1cc(F)c2nccc([C@H](O)CN3CCC(=O)CC3)c2c1. The first-order valence-corrected chi connectivity index (χ1v) is 7.62. The molecular weight excluding hydrogens is 299 g/mol. The Balaban J connectivity index is 1.89. The zero-order valence-corrected chi connectivity index (χ0v) is 13.0. The van der Waals surface area contributed by atoms with Gasteiger partial charge in [0.25, 0.3) is 0 Å². The number of rotatable bonds is 4. The number of β-amino-alcohol motifs (C(OH)–C–C–N with tert-alkyl or cyclic N) is 1. The minimum absolute atomic E-state index is 0.219. The Labute approximate surface area is 133 Å². The molecule has 23 heavy (non-hydrogen) atoms. The van der Waals surface area contributed by atoms with E-state index in [2.05, 4.69) is 9.88 Å². The molecule has 0 aliphatic carbocycles. The van der Waals surface area contributed by atoms with Crippen molar-refractivity contribution in [1.82, 2.24) is 9.88 Å². The van der Waals surface area contributed by atoms with Crippen LogP contribution in [0.2, 0.25) is 0 Å². The van der Waals surface area contributed by atoms with Gasteiger partial charge < -0.3 is 9.84 Å². The lowest BCUT2D eigenvalue weighted by atomic mass is 10.0. The highest BCUT2D eigenvalue weighted by Crippen LogP contribution is 2.29. The maximum absolute atomic E-state index is 14.1. The molecule has 1 saturated heterocycles. The van der Waals surface area contributed by atoms with Crippen molar-refractivity contribution < 1.29 is 19.0 Å². The molecule has 1 fully saturated rings. The fraction of sp³-hybridized carbons (Fsp3) is 0.412. The van der Waals surface area contributed by atoms with Crippen LogP contribution >= 0.6 is 0 Å². The highest BCUT2D eigenvalue weighted by atomic mass is 19.1. The number of Topliss-reactive ketones (excluding diaryl/α,β-unsaturated/α-hetero) is 1. The van der Waals surface area contributed by atoms with Crippen LogP contribution in [0, 0.1) is 5.82 Å². The second kappa shape index (κ2) is 6.60. The van der Waals surface area contributed by atoms with E-state index in [0.29, 0.717) is 49.2 Å². The van der Waals surface area contributed by atoms with Gasteiger partial charge in [0, 0.05) is 50.1 Å². The van der Waals surface area contributed by atoms with Gasteiger partial charge in [0.2, 0.25) is 0 Å². The molecule has 0 unspecified atom stereocenters. The summed E-state index contributed by atoms with van der Waals surface area (Å²) in [5, 5.41) is 11.1. The third-order valence-electron chi connectivity index (χ3n) is 4.25. The maximum atomic E-state index is 14.1. The Morgan fingerprint density at radius 1 is 1.39 bits per heavy atom. The van der Waals surface area contributed by atoms with Gasteiger partial charge in [-0.1, -0.05) is 0 Å². The molecule has 122 valence electrons. The average molecular weight is 318 g/mol. The van der Waals surface area contributed by atoms with E-state index in [1.165, 1.54) is 19.4 Å². The molecule has 0 radical (unpaired) electrons. The summed E-state index contributed by atoms with van der Waals surface area (Å²) < 4.78 is 19.2. The molecule has 2 aromatic rings. The van der Waals surface area contributed by atoms with Crippen LogP contribution in [0.1, 0.15) is 24.5 Å². The Kier molecular flexibility index (Phi) is 4.54. The molecule has 1 aromatic heterocycles. The van der Waals surface area contributed by atoms with E-state index in [9.17, 15) is 14.3 Å². The predicted molar refractivity (Wildman–Crippen MR) is 83.9 cm³/mol. The summed E-state index contributed by atoms with van der Waals surface area (Å²) in [4.78, 5) is 17.4. The van der Waals surface area contributed by atoms with Crippen LogP contribution in [0.15, 0.2) is 24.4 Å². The summed E-state index contributed by atoms with van der Waals surface area (Å²) in [6.45, 7) is 1.71. The van der Waals surface area contributed by atoms with Crippen LogP contribution < -0.4 is 4.74 Å². The number of hydrogen-bond acceptors (Lipinski definition) is 5. The molecule has 6 heteroatoms. The number of ketones is 1. The minimum atomic E-state index is -0.778. The quantitative estimate of drug-likeness (QED) is 0.935. The zero-order chi connectivity index (χ0) is 16.4. The fourth-order valence-electron chi connectivity index (χ4n) is 2.94. The van der Waals surface area contributed by atoms with Crippen LogP contribution in [-0.2, 0) is 4.79 Å². The molecule has 1 aromatic carbocycles. The fourth-order valence-corrected chi connectivity index (χ4v) is 2.94. The Bertz CT molecular complexity index is 725. The molecule has 0 spiro atoms. The van der Waals surface area contributed by atoms with Gasteiger partial charge in [0.1, 0.15) is 17.0 Å². The molecule has 1 atom stereocenters. The van der Waals surface area contributed by atoms with Gasteiger partial charge >= 0.3 is 0 Å². The Morgan fingerprint density at radius 2 is 2.13 bits per heavy atom. The Hall–Kier alpha value is -2.05. The van der Waals surface area contributed by atoms with Gasteiger partial charge in [-0.2, -0.15) is 0 Å². The summed E-state index contributed by atoms with van der Waals surface area (Å²) in [6.07, 6.45) is 1.76. The first kappa shape index (κ1) is 15.8. The molecule has 2 heterocycles. The molecule has 1 aliphatic rings. The van der Waals surface area contributed by atoms with E-state index < -0.39 is 11.9 Å². The standard InChI is InChI=1S/C17H19FN2O3/c1-23-12-8-14-13(2-5-19-17(14)15(18)9-12)16(22)10-20-6-3-11(21)4-7-20/h2,5,8-9,16,22H,3-4,6-7,10H2,1H3/t16-/m1/s1. The second-order valence-corrected chi connectivity index (χ2v) is 5.76. The third-order valence-corrected chi connectivity index (χ3v) is 4.25. The number of nitrogens with zero attached hydrogens (tertiary/aromatic N) is 2. The highest BCUT2D eigenvalue weighted by Gasteiger charge is 2.21. The number of halogens is 1. The minimum Gasteiger partial charge on any atom is -0.497 e. The van der Waals surface area contributed by atoms with Gasteiger partial charge in [0.15, 0.2) is 5.82 Å². The van der Waals surface area contributed by atoms with E-state index in [-0.39, 0.29) is 11.3 Å². The summed E-state index contributed by atoms with van der Waals surface area (Å²) in [6, 6.07) is 4.66. The number of piperidine rings is 1. The molecule has 3 rings (SSSR count). The van der Waals surface area contributed by atoms with Crippen LogP contribution in [0.3, 0.4) is 0 Å². The first-order valence-electron chi connectivity index (χ1n) is 7.62. The monoisotopic (exact) mass is 318 g/mol. The van der Waals surface area contributed by atoms with Crippen molar-refractivity contribution >= 4 is 16.7 Å². The second-order valence-electron chi connectivity index (χ2n) is 5.76. The molecule has 1 aliphatic heterocycles. The van der Waals surface area contributed by atoms with Gasteiger partial charge in [-0.05, 0) is 17.7 Å². The smallest absolute Gasteiger partial charge is 0.153 e. The number of pyridine rings is 1. The van der Waals surface area contributed by atoms with Crippen LogP contribution in [0.4, 0.5) is 4.39 Å². The van der Waals surface area contributed by atoms with Crippen molar-refractivity contribution in [3.05, 3.63) is 35.8 Å². The van der Waals surface area contributed by atoms with Gasteiger partial charge in [-0.15, -0.1) is 0 Å². The number of hydrogen-bond donors (Lipinski definition) is 1. The van der Waals surface area contributed by atoms with Crippen molar-refractivity contribution in [2.75, 3.05) is 26.7 Å². The summed E-state index contributed by atoms with van der Waals surface area (Å²) >= 11 is 0. The summed E-state index contributed by atoms with van der Waals surface area (Å²) in [5.74, 6) is 0.175. The molecule has 5 nitrogen and oxygen atoms in total. The number of likely N-dealkylation sites (tertiary alicyclic amines) is 1. The number of aliphatic hydroxyl groups excluding tert-OH is 1. The predicted octanol–water partition coefficient (Wildman–Crippen LogP) is 2.08. The number of ether oxygens (including phenoxy) is 1. The topological polar surface area (TPSA) is 62.7 Å². The van der Waals surface area contributed by atoms with E-state index in [1.807, 2.05) is 0 Å². The van der Waals surface area contributed by atoms with E-state index in [4.69, 9.17) is 4.74 Å². The van der Waals surface area contributed by atoms with Crippen LogP contribution in [0.25, 0.3) is 10.9 Å².